The van der Waals surface area contributed by atoms with Gasteiger partial charge in [-0.3, -0.25) is 23.4 Å². The number of phosphoric acid groups is 1. The fourth-order valence-corrected chi connectivity index (χ4v) is 4.37. The summed E-state index contributed by atoms with van der Waals surface area (Å²) in [6.07, 6.45) is 0.0222. The fourth-order valence-electron chi connectivity index (χ4n) is 2.95. The summed E-state index contributed by atoms with van der Waals surface area (Å²) in [5.41, 5.74) is -0.630. The van der Waals surface area contributed by atoms with Gasteiger partial charge in [0.1, 0.15) is 24.2 Å². The van der Waals surface area contributed by atoms with Crippen molar-refractivity contribution in [3.8, 4) is 5.75 Å². The van der Waals surface area contributed by atoms with Crippen LogP contribution in [0.2, 0.25) is 0 Å². The van der Waals surface area contributed by atoms with Gasteiger partial charge >= 0.3 is 13.5 Å². The molecule has 0 aliphatic carbocycles. The van der Waals surface area contributed by atoms with Crippen LogP contribution in [-0.2, 0) is 18.3 Å². The molecule has 1 aromatic heterocycles. The Hall–Kier alpha value is -2.19. The maximum atomic E-state index is 12.7. The van der Waals surface area contributed by atoms with Crippen molar-refractivity contribution in [2.45, 2.75) is 31.8 Å². The molecule has 2 aromatic rings. The number of aromatic nitrogens is 2. The van der Waals surface area contributed by atoms with Crippen LogP contribution >= 0.6 is 7.82 Å². The van der Waals surface area contributed by atoms with Crippen LogP contribution < -0.4 is 15.8 Å². The average molecular weight is 380 g/mol. The second kappa shape index (κ2) is 6.51. The summed E-state index contributed by atoms with van der Waals surface area (Å²) in [6, 6.07) is 8.59. The Labute approximate surface area is 148 Å². The van der Waals surface area contributed by atoms with Crippen LogP contribution in [-0.4, -0.2) is 28.4 Å². The number of hydrogen-bond acceptors (Lipinski definition) is 7. The fraction of sp³-hybridized carbons (Fsp3) is 0.375. The summed E-state index contributed by atoms with van der Waals surface area (Å²) in [4.78, 5) is 25.8. The van der Waals surface area contributed by atoms with E-state index in [2.05, 4.69) is 4.98 Å². The lowest BCUT2D eigenvalue weighted by Gasteiger charge is -2.29. The van der Waals surface area contributed by atoms with Gasteiger partial charge in [0, 0.05) is 18.2 Å². The lowest BCUT2D eigenvalue weighted by Crippen LogP contribution is -2.34. The van der Waals surface area contributed by atoms with Gasteiger partial charge in [-0.05, 0) is 19.1 Å². The highest BCUT2D eigenvalue weighted by Gasteiger charge is 2.48. The molecule has 9 nitrogen and oxygen atoms in total. The molecule has 2 aliphatic rings. The van der Waals surface area contributed by atoms with Gasteiger partial charge < -0.3 is 9.26 Å². The highest BCUT2D eigenvalue weighted by molar-refractivity contribution is 7.49. The van der Waals surface area contributed by atoms with Crippen molar-refractivity contribution >= 4 is 7.82 Å². The molecular weight excluding hydrogens is 363 g/mol. The summed E-state index contributed by atoms with van der Waals surface area (Å²) in [7, 11) is -3.78. The van der Waals surface area contributed by atoms with Crippen LogP contribution in [0.5, 0.6) is 5.75 Å². The number of aryl methyl sites for hydroxylation is 1. The molecule has 0 amide bonds. The summed E-state index contributed by atoms with van der Waals surface area (Å²) in [5.74, 6) is 0.372. The second-order valence-electron chi connectivity index (χ2n) is 6.13. The molecule has 138 valence electrons. The highest BCUT2D eigenvalue weighted by Crippen LogP contribution is 2.56. The quantitative estimate of drug-likeness (QED) is 0.808. The van der Waals surface area contributed by atoms with Gasteiger partial charge in [0.25, 0.3) is 5.56 Å². The molecule has 2 aliphatic heterocycles. The zero-order chi connectivity index (χ0) is 18.3. The molecule has 2 saturated heterocycles. The van der Waals surface area contributed by atoms with E-state index in [0.29, 0.717) is 11.3 Å². The van der Waals surface area contributed by atoms with Crippen molar-refractivity contribution in [3.05, 3.63) is 62.9 Å². The number of aromatic amines is 1. The first-order chi connectivity index (χ1) is 12.4. The van der Waals surface area contributed by atoms with Crippen molar-refractivity contribution in [1.82, 2.24) is 9.55 Å². The maximum absolute atomic E-state index is 12.7. The molecule has 4 rings (SSSR count). The maximum Gasteiger partial charge on any atom is 0.530 e. The van der Waals surface area contributed by atoms with Crippen LogP contribution in [0.1, 0.15) is 18.2 Å². The number of nitrogens with zero attached hydrogens (tertiary/aromatic N) is 1. The first-order valence-electron chi connectivity index (χ1n) is 8.09. The van der Waals surface area contributed by atoms with Gasteiger partial charge in [0.15, 0.2) is 0 Å². The lowest BCUT2D eigenvalue weighted by molar-refractivity contribution is -0.0667. The Morgan fingerprint density at radius 1 is 1.23 bits per heavy atom. The minimum Gasteiger partial charge on any atom is -0.404 e. The van der Waals surface area contributed by atoms with E-state index in [1.54, 1.807) is 37.3 Å². The molecule has 10 heteroatoms. The molecule has 26 heavy (non-hydrogen) atoms. The highest BCUT2D eigenvalue weighted by atomic mass is 31.2. The van der Waals surface area contributed by atoms with Gasteiger partial charge in [-0.25, -0.2) is 9.36 Å². The van der Waals surface area contributed by atoms with Crippen molar-refractivity contribution < 1.29 is 22.9 Å². The Balaban J connectivity index is 1.51. The summed E-state index contributed by atoms with van der Waals surface area (Å²) in [5, 5.41) is 0. The monoisotopic (exact) mass is 380 g/mol. The van der Waals surface area contributed by atoms with Crippen LogP contribution in [0.3, 0.4) is 0 Å². The van der Waals surface area contributed by atoms with Gasteiger partial charge in [-0.2, -0.15) is 0 Å². The third-order valence-electron chi connectivity index (χ3n) is 4.26. The van der Waals surface area contributed by atoms with E-state index in [1.165, 1.54) is 10.8 Å². The molecule has 4 atom stereocenters. The predicted octanol–water partition coefficient (Wildman–Crippen LogP) is 1.74. The van der Waals surface area contributed by atoms with E-state index in [-0.39, 0.29) is 13.0 Å². The smallest absolute Gasteiger partial charge is 0.404 e. The van der Waals surface area contributed by atoms with Crippen molar-refractivity contribution in [2.75, 3.05) is 6.61 Å². The van der Waals surface area contributed by atoms with Gasteiger partial charge in [0.2, 0.25) is 0 Å². The summed E-state index contributed by atoms with van der Waals surface area (Å²) in [6.45, 7) is 1.61. The largest absolute Gasteiger partial charge is 0.530 e. The van der Waals surface area contributed by atoms with Crippen LogP contribution in [0.25, 0.3) is 0 Å². The number of rotatable bonds is 3. The van der Waals surface area contributed by atoms with E-state index in [0.717, 1.165) is 0 Å². The molecule has 0 spiro atoms. The minimum atomic E-state index is -3.78. The summed E-state index contributed by atoms with van der Waals surface area (Å²) >= 11 is 0. The molecule has 2 fully saturated rings. The number of hydrogen-bond donors (Lipinski definition) is 1. The Morgan fingerprint density at radius 2 is 2.00 bits per heavy atom. The van der Waals surface area contributed by atoms with Crippen molar-refractivity contribution in [3.63, 3.8) is 0 Å². The molecule has 0 saturated carbocycles. The first kappa shape index (κ1) is 17.2. The van der Waals surface area contributed by atoms with Gasteiger partial charge in [-0.1, -0.05) is 18.2 Å². The third kappa shape index (κ3) is 3.26. The third-order valence-corrected chi connectivity index (χ3v) is 5.69. The van der Waals surface area contributed by atoms with Crippen LogP contribution in [0, 0.1) is 6.92 Å². The minimum absolute atomic E-state index is 0.0162. The van der Waals surface area contributed by atoms with E-state index < -0.39 is 37.5 Å². The average Bonchev–Trinajstić information content (AvgIpc) is 3.01. The van der Waals surface area contributed by atoms with Gasteiger partial charge in [0.05, 0.1) is 6.61 Å². The van der Waals surface area contributed by atoms with Gasteiger partial charge in [-0.15, -0.1) is 0 Å². The predicted molar refractivity (Wildman–Crippen MR) is 90.1 cm³/mol. The number of fused-ring (bicyclic) bond motifs is 1. The van der Waals surface area contributed by atoms with Crippen molar-refractivity contribution in [1.29, 1.82) is 0 Å². The zero-order valence-electron chi connectivity index (χ0n) is 13.9. The standard InChI is InChI=1S/C16H17N2O7P/c1-10-8-18(16(20)17-15(10)19)14-7-12-13(23-14)9-22-26(21,25-12)24-11-5-3-2-4-6-11/h2-6,8,12-14H,7,9H2,1H3,(H,17,19,20)/t12-,13+,14+,26?/m0/s1. The Morgan fingerprint density at radius 3 is 2.77 bits per heavy atom. The Kier molecular flexibility index (Phi) is 4.32. The van der Waals surface area contributed by atoms with E-state index in [4.69, 9.17) is 18.3 Å². The molecular formula is C16H17N2O7P. The van der Waals surface area contributed by atoms with E-state index >= 15 is 0 Å². The molecule has 0 radical (unpaired) electrons. The normalized spacial score (nSPS) is 30.7. The topological polar surface area (TPSA) is 109 Å². The van der Waals surface area contributed by atoms with Crippen molar-refractivity contribution in [2.24, 2.45) is 0 Å². The molecule has 1 unspecified atom stereocenters. The molecule has 1 N–H and O–H groups in total. The van der Waals surface area contributed by atoms with E-state index in [1.807, 2.05) is 0 Å². The second-order valence-corrected chi connectivity index (χ2v) is 7.68. The summed E-state index contributed by atoms with van der Waals surface area (Å²) < 4.78 is 36.0. The van der Waals surface area contributed by atoms with E-state index in [9.17, 15) is 14.2 Å². The molecule has 0 bridgehead atoms. The lowest BCUT2D eigenvalue weighted by atomic mass is 10.2. The molecule has 3 heterocycles. The number of nitrogens with one attached hydrogen (secondary N) is 1. The number of H-pyrrole nitrogens is 1. The van der Waals surface area contributed by atoms with Crippen LogP contribution in [0.4, 0.5) is 0 Å². The van der Waals surface area contributed by atoms with Crippen LogP contribution in [0.15, 0.2) is 46.1 Å². The zero-order valence-corrected chi connectivity index (χ0v) is 14.8. The number of phosphoric ester groups is 1. The Bertz CT molecular complexity index is 971. The first-order valence-corrected chi connectivity index (χ1v) is 9.55. The number of benzene rings is 1. The number of para-hydroxylation sites is 1. The SMILES string of the molecule is Cc1cn([C@H]2C[C@@H]3OP(=O)(Oc4ccccc4)OC[C@H]3O2)c(=O)[nH]c1=O. The molecule has 1 aromatic carbocycles. The number of ether oxygens (including phenoxy) is 1.